The van der Waals surface area contributed by atoms with Gasteiger partial charge in [-0.15, -0.1) is 0 Å². The van der Waals surface area contributed by atoms with E-state index in [4.69, 9.17) is 0 Å². The number of Topliss-reactive ketones (excluding diaryl/α,β-unsaturated/α-hetero) is 1. The van der Waals surface area contributed by atoms with Crippen LogP contribution in [-0.2, 0) is 20.9 Å². The van der Waals surface area contributed by atoms with Crippen LogP contribution in [0.4, 0.5) is 0 Å². The van der Waals surface area contributed by atoms with E-state index in [1.54, 1.807) is 0 Å². The molecule has 1 fully saturated rings. The van der Waals surface area contributed by atoms with Crippen LogP contribution in [-0.4, -0.2) is 17.6 Å². The molecule has 0 saturated carbocycles. The lowest BCUT2D eigenvalue weighted by molar-refractivity contribution is -0.138. The number of rotatable bonds is 3. The van der Waals surface area contributed by atoms with E-state index in [0.717, 1.165) is 5.56 Å². The van der Waals surface area contributed by atoms with Gasteiger partial charge in [0.05, 0.1) is 11.8 Å². The molecule has 0 radical (unpaired) electrons. The molecule has 114 valence electrons. The molecule has 2 N–H and O–H groups in total. The zero-order chi connectivity index (χ0) is 15.5. The Morgan fingerprint density at radius 1 is 1.23 bits per heavy atom. The van der Waals surface area contributed by atoms with Crippen LogP contribution in [0.5, 0.6) is 0 Å². The molecule has 0 bridgehead atoms. The number of allylic oxidation sites excluding steroid dienone is 2. The Hall–Kier alpha value is -2.43. The molecule has 2 atom stereocenters. The average molecular weight is 298 g/mol. The normalized spacial score (nSPS) is 24.1. The highest BCUT2D eigenvalue weighted by Crippen LogP contribution is 2.32. The second-order valence-electron chi connectivity index (χ2n) is 5.70. The second-order valence-corrected chi connectivity index (χ2v) is 5.70. The number of hydrogen-bond donors (Lipinski definition) is 2. The van der Waals surface area contributed by atoms with Crippen LogP contribution in [0.3, 0.4) is 0 Å². The number of amides is 2. The number of carbonyl (C=O) groups is 3. The summed E-state index contributed by atoms with van der Waals surface area (Å²) in [6.45, 7) is 0.401. The third-order valence-electron chi connectivity index (χ3n) is 4.17. The van der Waals surface area contributed by atoms with Crippen LogP contribution in [0.2, 0.25) is 0 Å². The van der Waals surface area contributed by atoms with Gasteiger partial charge in [0.2, 0.25) is 11.8 Å². The van der Waals surface area contributed by atoms with Gasteiger partial charge in [0.1, 0.15) is 5.78 Å². The zero-order valence-corrected chi connectivity index (χ0v) is 12.2. The Morgan fingerprint density at radius 2 is 2.00 bits per heavy atom. The number of benzene rings is 1. The molecule has 0 spiro atoms. The number of ketones is 1. The van der Waals surface area contributed by atoms with Gasteiger partial charge in [0.25, 0.3) is 0 Å². The Balaban J connectivity index is 1.72. The van der Waals surface area contributed by atoms with Crippen molar-refractivity contribution in [3.8, 4) is 0 Å². The summed E-state index contributed by atoms with van der Waals surface area (Å²) < 4.78 is 0. The van der Waals surface area contributed by atoms with Crippen molar-refractivity contribution in [3.05, 3.63) is 47.7 Å². The maximum absolute atomic E-state index is 12.4. The van der Waals surface area contributed by atoms with Crippen molar-refractivity contribution in [2.75, 3.05) is 0 Å². The van der Waals surface area contributed by atoms with E-state index in [9.17, 15) is 14.4 Å². The van der Waals surface area contributed by atoms with E-state index in [-0.39, 0.29) is 24.0 Å². The lowest BCUT2D eigenvalue weighted by Gasteiger charge is -2.34. The monoisotopic (exact) mass is 298 g/mol. The number of piperidine rings is 1. The van der Waals surface area contributed by atoms with Crippen LogP contribution in [0, 0.1) is 11.8 Å². The molecular formula is C17H18N2O3. The van der Waals surface area contributed by atoms with Gasteiger partial charge in [-0.05, 0) is 12.0 Å². The molecular weight excluding hydrogens is 280 g/mol. The molecule has 0 aromatic heterocycles. The van der Waals surface area contributed by atoms with Crippen molar-refractivity contribution in [2.45, 2.75) is 25.8 Å². The summed E-state index contributed by atoms with van der Waals surface area (Å²) in [7, 11) is 0. The van der Waals surface area contributed by atoms with Crippen molar-refractivity contribution >= 4 is 17.6 Å². The quantitative estimate of drug-likeness (QED) is 0.883. The molecule has 1 aromatic rings. The Morgan fingerprint density at radius 3 is 2.77 bits per heavy atom. The number of carbonyl (C=O) groups excluding carboxylic acids is 3. The van der Waals surface area contributed by atoms with Gasteiger partial charge in [0, 0.05) is 25.1 Å². The highest BCUT2D eigenvalue weighted by molar-refractivity contribution is 5.97. The molecule has 2 aliphatic rings. The fourth-order valence-electron chi connectivity index (χ4n) is 3.09. The highest BCUT2D eigenvalue weighted by atomic mass is 16.2. The predicted octanol–water partition coefficient (Wildman–Crippen LogP) is 1.30. The molecule has 5 nitrogen and oxygen atoms in total. The Bertz CT molecular complexity index is 637. The molecule has 22 heavy (non-hydrogen) atoms. The van der Waals surface area contributed by atoms with Crippen LogP contribution < -0.4 is 10.6 Å². The molecule has 2 amide bonds. The average Bonchev–Trinajstić information content (AvgIpc) is 2.53. The zero-order valence-electron chi connectivity index (χ0n) is 12.2. The fourth-order valence-corrected chi connectivity index (χ4v) is 3.09. The first-order valence-corrected chi connectivity index (χ1v) is 7.49. The minimum atomic E-state index is -0.600. The SMILES string of the molecule is O=C1C[C@H](C(=O)NCc2ccccc2)[C@@H]2C(=O)CCC=C2N1. The summed E-state index contributed by atoms with van der Waals surface area (Å²) in [4.78, 5) is 36.4. The van der Waals surface area contributed by atoms with Crippen molar-refractivity contribution < 1.29 is 14.4 Å². The van der Waals surface area contributed by atoms with Crippen molar-refractivity contribution in [3.63, 3.8) is 0 Å². The largest absolute Gasteiger partial charge is 0.352 e. The first-order valence-electron chi connectivity index (χ1n) is 7.49. The Labute approximate surface area is 128 Å². The smallest absolute Gasteiger partial charge is 0.225 e. The third-order valence-corrected chi connectivity index (χ3v) is 4.17. The maximum atomic E-state index is 12.4. The van der Waals surface area contributed by atoms with E-state index in [2.05, 4.69) is 10.6 Å². The minimum absolute atomic E-state index is 0.0392. The van der Waals surface area contributed by atoms with Crippen LogP contribution in [0.15, 0.2) is 42.1 Å². The van der Waals surface area contributed by atoms with Crippen LogP contribution >= 0.6 is 0 Å². The maximum Gasteiger partial charge on any atom is 0.225 e. The van der Waals surface area contributed by atoms with E-state index in [1.807, 2.05) is 36.4 Å². The summed E-state index contributed by atoms with van der Waals surface area (Å²) in [6.07, 6.45) is 2.99. The lowest BCUT2D eigenvalue weighted by atomic mass is 9.76. The second kappa shape index (κ2) is 6.13. The van der Waals surface area contributed by atoms with E-state index >= 15 is 0 Å². The Kier molecular flexibility index (Phi) is 4.04. The fraction of sp³-hybridized carbons (Fsp3) is 0.353. The third kappa shape index (κ3) is 2.93. The van der Waals surface area contributed by atoms with Crippen LogP contribution in [0.25, 0.3) is 0 Å². The van der Waals surface area contributed by atoms with E-state index < -0.39 is 11.8 Å². The summed E-state index contributed by atoms with van der Waals surface area (Å²) in [5.41, 5.74) is 1.59. The molecule has 1 aromatic carbocycles. The molecule has 1 saturated heterocycles. The molecule has 0 unspecified atom stereocenters. The first-order chi connectivity index (χ1) is 10.6. The molecule has 5 heteroatoms. The van der Waals surface area contributed by atoms with Gasteiger partial charge in [0.15, 0.2) is 0 Å². The number of hydrogen-bond acceptors (Lipinski definition) is 3. The van der Waals surface area contributed by atoms with Crippen LogP contribution in [0.1, 0.15) is 24.8 Å². The molecule has 1 aliphatic carbocycles. The summed E-state index contributed by atoms with van der Waals surface area (Å²) in [5.74, 6) is -1.49. The summed E-state index contributed by atoms with van der Waals surface area (Å²) in [5, 5.41) is 5.57. The highest BCUT2D eigenvalue weighted by Gasteiger charge is 2.42. The molecule has 1 heterocycles. The summed E-state index contributed by atoms with van der Waals surface area (Å²) in [6, 6.07) is 9.56. The van der Waals surface area contributed by atoms with Crippen molar-refractivity contribution in [1.82, 2.24) is 10.6 Å². The van der Waals surface area contributed by atoms with E-state index in [0.29, 0.717) is 25.1 Å². The number of fused-ring (bicyclic) bond motifs is 1. The predicted molar refractivity (Wildman–Crippen MR) is 80.4 cm³/mol. The van der Waals surface area contributed by atoms with Gasteiger partial charge in [-0.1, -0.05) is 36.4 Å². The topological polar surface area (TPSA) is 75.3 Å². The van der Waals surface area contributed by atoms with E-state index in [1.165, 1.54) is 0 Å². The van der Waals surface area contributed by atoms with Gasteiger partial charge < -0.3 is 10.6 Å². The lowest BCUT2D eigenvalue weighted by Crippen LogP contribution is -2.49. The molecule has 1 aliphatic heterocycles. The summed E-state index contributed by atoms with van der Waals surface area (Å²) >= 11 is 0. The first kappa shape index (κ1) is 14.5. The molecule has 3 rings (SSSR count). The minimum Gasteiger partial charge on any atom is -0.352 e. The van der Waals surface area contributed by atoms with Gasteiger partial charge in [-0.2, -0.15) is 0 Å². The standard InChI is InChI=1S/C17H18N2O3/c20-14-8-4-7-13-16(14)12(9-15(21)19-13)17(22)18-10-11-5-2-1-3-6-11/h1-3,5-7,12,16H,4,8-10H2,(H,18,22)(H,19,21)/t12-,16-/m0/s1. The number of nitrogens with one attached hydrogen (secondary N) is 2. The van der Waals surface area contributed by atoms with Crippen molar-refractivity contribution in [1.29, 1.82) is 0 Å². The van der Waals surface area contributed by atoms with Gasteiger partial charge in [-0.25, -0.2) is 0 Å². The van der Waals surface area contributed by atoms with Gasteiger partial charge in [-0.3, -0.25) is 14.4 Å². The van der Waals surface area contributed by atoms with Gasteiger partial charge >= 0.3 is 0 Å². The van der Waals surface area contributed by atoms with Crippen molar-refractivity contribution in [2.24, 2.45) is 11.8 Å².